The van der Waals surface area contributed by atoms with Crippen LogP contribution in [0.25, 0.3) is 0 Å². The van der Waals surface area contributed by atoms with Crippen LogP contribution in [0.5, 0.6) is 0 Å². The Morgan fingerprint density at radius 1 is 1.24 bits per heavy atom. The van der Waals surface area contributed by atoms with Crippen LogP contribution in [0, 0.1) is 0 Å². The zero-order chi connectivity index (χ0) is 15.7. The van der Waals surface area contributed by atoms with E-state index in [1.165, 1.54) is 18.5 Å². The SMILES string of the molecule is COC(c1ccc(N2CCCC2)cc1)C(N)CF.CSC. The summed E-state index contributed by atoms with van der Waals surface area (Å²) in [5.74, 6) is 0. The molecule has 1 saturated heterocycles. The van der Waals surface area contributed by atoms with Crippen molar-refractivity contribution in [1.29, 1.82) is 0 Å². The summed E-state index contributed by atoms with van der Waals surface area (Å²) < 4.78 is 17.9. The van der Waals surface area contributed by atoms with Gasteiger partial charge >= 0.3 is 0 Å². The topological polar surface area (TPSA) is 38.5 Å². The molecular weight excluding hydrogens is 287 g/mol. The van der Waals surface area contributed by atoms with Gasteiger partial charge in [0.25, 0.3) is 0 Å². The Kier molecular flexibility index (Phi) is 8.73. The van der Waals surface area contributed by atoms with Crippen LogP contribution in [0.1, 0.15) is 24.5 Å². The van der Waals surface area contributed by atoms with Crippen LogP contribution in [0.4, 0.5) is 10.1 Å². The largest absolute Gasteiger partial charge is 0.375 e. The lowest BCUT2D eigenvalue weighted by Gasteiger charge is -2.22. The van der Waals surface area contributed by atoms with E-state index >= 15 is 0 Å². The zero-order valence-corrected chi connectivity index (χ0v) is 14.0. The summed E-state index contributed by atoms with van der Waals surface area (Å²) in [5, 5.41) is 0. The predicted molar refractivity (Wildman–Crippen MR) is 91.0 cm³/mol. The van der Waals surface area contributed by atoms with Gasteiger partial charge in [0, 0.05) is 25.9 Å². The standard InChI is InChI=1S/C14H21FN2O.C2H6S/c1-18-14(13(16)10-15)11-4-6-12(7-5-11)17-8-2-3-9-17;1-3-2/h4-7,13-14H,2-3,8-10,16H2,1H3;1-2H3. The minimum atomic E-state index is -0.604. The Balaban J connectivity index is 0.000000677. The summed E-state index contributed by atoms with van der Waals surface area (Å²) in [6.45, 7) is 1.67. The van der Waals surface area contributed by atoms with Gasteiger partial charge in [-0.2, -0.15) is 11.8 Å². The number of thioether (sulfide) groups is 1. The molecule has 0 aliphatic carbocycles. The quantitative estimate of drug-likeness (QED) is 0.905. The van der Waals surface area contributed by atoms with Crippen LogP contribution in [0.2, 0.25) is 0 Å². The number of nitrogens with zero attached hydrogens (tertiary/aromatic N) is 1. The van der Waals surface area contributed by atoms with Gasteiger partial charge in [-0.25, -0.2) is 4.39 Å². The van der Waals surface area contributed by atoms with E-state index < -0.39 is 12.7 Å². The van der Waals surface area contributed by atoms with Crippen molar-refractivity contribution >= 4 is 17.4 Å². The highest BCUT2D eigenvalue weighted by atomic mass is 32.2. The fourth-order valence-corrected chi connectivity index (χ4v) is 2.49. The number of alkyl halides is 1. The molecule has 21 heavy (non-hydrogen) atoms. The molecular formula is C16H27FN2OS. The molecule has 5 heteroatoms. The molecule has 0 saturated carbocycles. The molecule has 2 rings (SSSR count). The van der Waals surface area contributed by atoms with E-state index in [9.17, 15) is 4.39 Å². The highest BCUT2D eigenvalue weighted by Crippen LogP contribution is 2.25. The predicted octanol–water partition coefficient (Wildman–Crippen LogP) is 3.25. The highest BCUT2D eigenvalue weighted by molar-refractivity contribution is 7.97. The maximum absolute atomic E-state index is 12.6. The van der Waals surface area contributed by atoms with Crippen LogP contribution in [-0.4, -0.2) is 45.4 Å². The summed E-state index contributed by atoms with van der Waals surface area (Å²) in [6, 6.07) is 7.50. The zero-order valence-electron chi connectivity index (χ0n) is 13.2. The molecule has 2 atom stereocenters. The molecule has 2 N–H and O–H groups in total. The Bertz CT molecular complexity index is 382. The van der Waals surface area contributed by atoms with Gasteiger partial charge in [0.15, 0.2) is 0 Å². The molecule has 0 amide bonds. The van der Waals surface area contributed by atoms with Gasteiger partial charge in [0.2, 0.25) is 0 Å². The highest BCUT2D eigenvalue weighted by Gasteiger charge is 2.20. The fraction of sp³-hybridized carbons (Fsp3) is 0.625. The van der Waals surface area contributed by atoms with Crippen molar-refractivity contribution < 1.29 is 9.13 Å². The molecule has 120 valence electrons. The molecule has 1 heterocycles. The summed E-state index contributed by atoms with van der Waals surface area (Å²) in [7, 11) is 1.56. The van der Waals surface area contributed by atoms with Crippen LogP contribution in [0.3, 0.4) is 0 Å². The summed E-state index contributed by atoms with van der Waals surface area (Å²) in [6.07, 6.45) is 6.23. The first-order valence-corrected chi connectivity index (χ1v) is 8.90. The summed E-state index contributed by atoms with van der Waals surface area (Å²) in [4.78, 5) is 2.36. The van der Waals surface area contributed by atoms with E-state index in [0.29, 0.717) is 0 Å². The molecule has 0 bridgehead atoms. The van der Waals surface area contributed by atoms with Gasteiger partial charge < -0.3 is 15.4 Å². The van der Waals surface area contributed by atoms with Gasteiger partial charge in [-0.3, -0.25) is 0 Å². The third-order valence-corrected chi connectivity index (χ3v) is 3.51. The van der Waals surface area contributed by atoms with Crippen molar-refractivity contribution in [2.75, 3.05) is 44.3 Å². The molecule has 1 aromatic carbocycles. The first-order chi connectivity index (χ1) is 10.2. The van der Waals surface area contributed by atoms with Gasteiger partial charge in [-0.15, -0.1) is 0 Å². The number of methoxy groups -OCH3 is 1. The minimum absolute atomic E-state index is 0.373. The fourth-order valence-electron chi connectivity index (χ4n) is 2.49. The van der Waals surface area contributed by atoms with Crippen molar-refractivity contribution in [2.24, 2.45) is 5.73 Å². The minimum Gasteiger partial charge on any atom is -0.375 e. The normalized spacial score (nSPS) is 17.1. The van der Waals surface area contributed by atoms with Gasteiger partial charge in [-0.05, 0) is 43.0 Å². The Hall–Kier alpha value is -0.780. The maximum Gasteiger partial charge on any atom is 0.107 e. The number of hydrogen-bond donors (Lipinski definition) is 1. The smallest absolute Gasteiger partial charge is 0.107 e. The second-order valence-electron chi connectivity index (χ2n) is 5.17. The van der Waals surface area contributed by atoms with Crippen molar-refractivity contribution in [2.45, 2.75) is 25.0 Å². The second-order valence-corrected chi connectivity index (χ2v) is 5.98. The number of halogens is 1. The molecule has 3 nitrogen and oxygen atoms in total. The van der Waals surface area contributed by atoms with E-state index in [0.717, 1.165) is 18.7 Å². The molecule has 1 aliphatic rings. The summed E-state index contributed by atoms with van der Waals surface area (Å²) >= 11 is 1.75. The average Bonchev–Trinajstić information content (AvgIpc) is 3.03. The first kappa shape index (κ1) is 18.3. The molecule has 1 aromatic rings. The third kappa shape index (κ3) is 5.49. The van der Waals surface area contributed by atoms with Crippen LogP contribution in [0.15, 0.2) is 24.3 Å². The van der Waals surface area contributed by atoms with Gasteiger partial charge in [0.05, 0.1) is 12.1 Å². The number of anilines is 1. The van der Waals surface area contributed by atoms with E-state index in [2.05, 4.69) is 17.0 Å². The Morgan fingerprint density at radius 3 is 2.19 bits per heavy atom. The van der Waals surface area contributed by atoms with E-state index in [1.54, 1.807) is 18.9 Å². The Labute approximate surface area is 132 Å². The van der Waals surface area contributed by atoms with Crippen molar-refractivity contribution in [3.63, 3.8) is 0 Å². The lowest BCUT2D eigenvalue weighted by molar-refractivity contribution is 0.0721. The van der Waals surface area contributed by atoms with Crippen LogP contribution >= 0.6 is 11.8 Å². The molecule has 0 radical (unpaired) electrons. The van der Waals surface area contributed by atoms with Crippen molar-refractivity contribution in [1.82, 2.24) is 0 Å². The number of ether oxygens (including phenoxy) is 1. The van der Waals surface area contributed by atoms with Crippen LogP contribution < -0.4 is 10.6 Å². The monoisotopic (exact) mass is 314 g/mol. The lowest BCUT2D eigenvalue weighted by Crippen LogP contribution is -2.31. The number of hydrogen-bond acceptors (Lipinski definition) is 4. The number of rotatable bonds is 5. The third-order valence-electron chi connectivity index (χ3n) is 3.51. The van der Waals surface area contributed by atoms with Crippen molar-refractivity contribution in [3.8, 4) is 0 Å². The van der Waals surface area contributed by atoms with Gasteiger partial charge in [-0.1, -0.05) is 12.1 Å². The van der Waals surface area contributed by atoms with Crippen LogP contribution in [-0.2, 0) is 4.74 Å². The molecule has 0 aromatic heterocycles. The molecule has 1 fully saturated rings. The summed E-state index contributed by atoms with van der Waals surface area (Å²) in [5.41, 5.74) is 7.87. The van der Waals surface area contributed by atoms with E-state index in [4.69, 9.17) is 10.5 Å². The Morgan fingerprint density at radius 2 is 1.76 bits per heavy atom. The number of nitrogens with two attached hydrogens (primary N) is 1. The second kappa shape index (κ2) is 10.0. The number of benzene rings is 1. The van der Waals surface area contributed by atoms with E-state index in [1.807, 2.05) is 24.6 Å². The molecule has 1 aliphatic heterocycles. The average molecular weight is 314 g/mol. The van der Waals surface area contributed by atoms with Gasteiger partial charge in [0.1, 0.15) is 6.67 Å². The molecule has 0 spiro atoms. The first-order valence-electron chi connectivity index (χ1n) is 7.27. The molecule has 2 unspecified atom stereocenters. The van der Waals surface area contributed by atoms with E-state index in [-0.39, 0.29) is 6.10 Å². The van der Waals surface area contributed by atoms with Crippen molar-refractivity contribution in [3.05, 3.63) is 29.8 Å². The maximum atomic E-state index is 12.6. The lowest BCUT2D eigenvalue weighted by atomic mass is 10.0.